The van der Waals surface area contributed by atoms with E-state index in [0.29, 0.717) is 6.07 Å². The van der Waals surface area contributed by atoms with Crippen molar-refractivity contribution in [1.82, 2.24) is 5.32 Å². The van der Waals surface area contributed by atoms with Gasteiger partial charge in [0.15, 0.2) is 0 Å². The van der Waals surface area contributed by atoms with E-state index in [1.165, 1.54) is 6.92 Å². The van der Waals surface area contributed by atoms with E-state index >= 15 is 0 Å². The number of nitrogens with one attached hydrogen (secondary N) is 1. The summed E-state index contributed by atoms with van der Waals surface area (Å²) in [5, 5.41) is 2.24. The Hall–Kier alpha value is -2.18. The average Bonchev–Trinajstić information content (AvgIpc) is 2.33. The van der Waals surface area contributed by atoms with Crippen LogP contribution < -0.4 is 11.1 Å². The first-order valence-electron chi connectivity index (χ1n) is 5.58. The third-order valence-corrected chi connectivity index (χ3v) is 2.32. The molecule has 0 saturated carbocycles. The maximum Gasteiger partial charge on any atom is 0.328 e. The zero-order valence-electron chi connectivity index (χ0n) is 10.5. The van der Waals surface area contributed by atoms with E-state index in [9.17, 15) is 18.4 Å². The Morgan fingerprint density at radius 2 is 2.00 bits per heavy atom. The number of halogens is 2. The molecule has 3 N–H and O–H groups in total. The molecule has 0 aliphatic heterocycles. The molecule has 1 unspecified atom stereocenters. The molecule has 1 amide bonds. The van der Waals surface area contributed by atoms with Crippen LogP contribution in [-0.2, 0) is 9.53 Å². The summed E-state index contributed by atoms with van der Waals surface area (Å²) in [5.74, 6) is -3.52. The van der Waals surface area contributed by atoms with Gasteiger partial charge in [-0.1, -0.05) is 0 Å². The van der Waals surface area contributed by atoms with Crippen molar-refractivity contribution in [2.45, 2.75) is 19.9 Å². The molecule has 0 aromatic heterocycles. The molecule has 5 nitrogen and oxygen atoms in total. The minimum absolute atomic E-state index is 0.164. The molecule has 0 aliphatic rings. The number of nitrogens with two attached hydrogens (primary N) is 1. The van der Waals surface area contributed by atoms with Crippen molar-refractivity contribution in [3.63, 3.8) is 0 Å². The zero-order chi connectivity index (χ0) is 14.6. The van der Waals surface area contributed by atoms with Gasteiger partial charge in [0.25, 0.3) is 5.91 Å². The fraction of sp³-hybridized carbons (Fsp3) is 0.333. The summed E-state index contributed by atoms with van der Waals surface area (Å²) in [6, 6.07) is 0.440. The fourth-order valence-corrected chi connectivity index (χ4v) is 1.34. The van der Waals surface area contributed by atoms with Crippen LogP contribution in [0.4, 0.5) is 14.5 Å². The van der Waals surface area contributed by atoms with Crippen molar-refractivity contribution in [2.75, 3.05) is 12.3 Å². The molecule has 104 valence electrons. The van der Waals surface area contributed by atoms with E-state index in [1.54, 1.807) is 6.92 Å². The number of ether oxygens (including phenoxy) is 1. The van der Waals surface area contributed by atoms with Crippen LogP contribution in [0.5, 0.6) is 0 Å². The van der Waals surface area contributed by atoms with Gasteiger partial charge in [0.2, 0.25) is 0 Å². The van der Waals surface area contributed by atoms with Gasteiger partial charge < -0.3 is 15.8 Å². The van der Waals surface area contributed by atoms with Crippen LogP contribution in [-0.4, -0.2) is 24.5 Å². The Kier molecular flexibility index (Phi) is 4.80. The summed E-state index contributed by atoms with van der Waals surface area (Å²) in [5.41, 5.74) is 4.47. The number of rotatable bonds is 4. The number of benzene rings is 1. The van der Waals surface area contributed by atoms with Gasteiger partial charge in [-0.15, -0.1) is 0 Å². The van der Waals surface area contributed by atoms with Gasteiger partial charge in [0, 0.05) is 6.07 Å². The molecule has 19 heavy (non-hydrogen) atoms. The van der Waals surface area contributed by atoms with E-state index in [-0.39, 0.29) is 12.3 Å². The average molecular weight is 272 g/mol. The van der Waals surface area contributed by atoms with Crippen LogP contribution in [0.15, 0.2) is 12.1 Å². The largest absolute Gasteiger partial charge is 0.464 e. The Balaban J connectivity index is 2.84. The number of nitrogen functional groups attached to an aromatic ring is 1. The SMILES string of the molecule is CCOC(=O)C(C)NC(=O)c1cc(N)c(F)cc1F. The van der Waals surface area contributed by atoms with E-state index < -0.39 is 35.1 Å². The maximum atomic E-state index is 13.4. The summed E-state index contributed by atoms with van der Waals surface area (Å²) in [4.78, 5) is 23.0. The second-order valence-electron chi connectivity index (χ2n) is 3.80. The van der Waals surface area contributed by atoms with Gasteiger partial charge in [-0.25, -0.2) is 13.6 Å². The summed E-state index contributed by atoms with van der Waals surface area (Å²) >= 11 is 0. The number of carbonyl (C=O) groups is 2. The first-order chi connectivity index (χ1) is 8.86. The second-order valence-corrected chi connectivity index (χ2v) is 3.80. The van der Waals surface area contributed by atoms with Crippen molar-refractivity contribution < 1.29 is 23.1 Å². The van der Waals surface area contributed by atoms with Crippen LogP contribution in [0.25, 0.3) is 0 Å². The number of carbonyl (C=O) groups excluding carboxylic acids is 2. The normalized spacial score (nSPS) is 11.8. The first-order valence-corrected chi connectivity index (χ1v) is 5.58. The molecule has 1 atom stereocenters. The quantitative estimate of drug-likeness (QED) is 0.638. The molecular formula is C12H14F2N2O3. The van der Waals surface area contributed by atoms with Gasteiger partial charge in [0.1, 0.15) is 17.7 Å². The van der Waals surface area contributed by atoms with E-state index in [0.717, 1.165) is 6.07 Å². The molecule has 0 radical (unpaired) electrons. The van der Waals surface area contributed by atoms with Gasteiger partial charge >= 0.3 is 5.97 Å². The minimum atomic E-state index is -1.06. The second kappa shape index (κ2) is 6.12. The molecule has 0 bridgehead atoms. The molecule has 0 aliphatic carbocycles. The lowest BCUT2D eigenvalue weighted by molar-refractivity contribution is -0.144. The maximum absolute atomic E-state index is 13.4. The van der Waals surface area contributed by atoms with E-state index in [2.05, 4.69) is 10.1 Å². The Morgan fingerprint density at radius 1 is 1.37 bits per heavy atom. The monoisotopic (exact) mass is 272 g/mol. The lowest BCUT2D eigenvalue weighted by Crippen LogP contribution is -2.39. The lowest BCUT2D eigenvalue weighted by Gasteiger charge is -2.13. The first kappa shape index (κ1) is 14.9. The highest BCUT2D eigenvalue weighted by atomic mass is 19.1. The highest BCUT2D eigenvalue weighted by molar-refractivity contribution is 5.97. The van der Waals surface area contributed by atoms with Crippen molar-refractivity contribution in [3.8, 4) is 0 Å². The van der Waals surface area contributed by atoms with Crippen LogP contribution in [0.1, 0.15) is 24.2 Å². The van der Waals surface area contributed by atoms with Gasteiger partial charge in [-0.05, 0) is 19.9 Å². The number of hydrogen-bond donors (Lipinski definition) is 2. The van der Waals surface area contributed by atoms with E-state index in [1.807, 2.05) is 0 Å². The Labute approximate surface area is 108 Å². The molecule has 0 fully saturated rings. The lowest BCUT2D eigenvalue weighted by atomic mass is 10.1. The van der Waals surface area contributed by atoms with Gasteiger partial charge in [0.05, 0.1) is 17.9 Å². The molecule has 0 saturated heterocycles. The van der Waals surface area contributed by atoms with Crippen molar-refractivity contribution >= 4 is 17.6 Å². The van der Waals surface area contributed by atoms with Crippen molar-refractivity contribution in [3.05, 3.63) is 29.3 Å². The Morgan fingerprint density at radius 3 is 2.58 bits per heavy atom. The molecule has 1 aromatic carbocycles. The Bertz CT molecular complexity index is 506. The standard InChI is InChI=1S/C12H14F2N2O3/c1-3-19-12(18)6(2)16-11(17)7-4-10(15)9(14)5-8(7)13/h4-6H,3,15H2,1-2H3,(H,16,17). The highest BCUT2D eigenvalue weighted by Gasteiger charge is 2.20. The van der Waals surface area contributed by atoms with Crippen LogP contribution in [0.3, 0.4) is 0 Å². The highest BCUT2D eigenvalue weighted by Crippen LogP contribution is 2.16. The molecule has 1 rings (SSSR count). The smallest absolute Gasteiger partial charge is 0.328 e. The van der Waals surface area contributed by atoms with Crippen LogP contribution in [0.2, 0.25) is 0 Å². The third-order valence-electron chi connectivity index (χ3n) is 2.32. The fourth-order valence-electron chi connectivity index (χ4n) is 1.34. The predicted molar refractivity (Wildman–Crippen MR) is 64.3 cm³/mol. The number of anilines is 1. The van der Waals surface area contributed by atoms with Crippen molar-refractivity contribution in [1.29, 1.82) is 0 Å². The summed E-state index contributed by atoms with van der Waals surface area (Å²) in [6.45, 7) is 3.17. The number of amides is 1. The van der Waals surface area contributed by atoms with Crippen LogP contribution >= 0.6 is 0 Å². The van der Waals surface area contributed by atoms with Gasteiger partial charge in [-0.3, -0.25) is 4.79 Å². The summed E-state index contributed by atoms with van der Waals surface area (Å²) in [7, 11) is 0. The predicted octanol–water partition coefficient (Wildman–Crippen LogP) is 1.23. The topological polar surface area (TPSA) is 81.4 Å². The van der Waals surface area contributed by atoms with Crippen molar-refractivity contribution in [2.24, 2.45) is 0 Å². The minimum Gasteiger partial charge on any atom is -0.464 e. The number of hydrogen-bond acceptors (Lipinski definition) is 4. The third kappa shape index (κ3) is 3.64. The summed E-state index contributed by atoms with van der Waals surface area (Å²) < 4.78 is 31.0. The molecular weight excluding hydrogens is 258 g/mol. The molecule has 0 heterocycles. The summed E-state index contributed by atoms with van der Waals surface area (Å²) in [6.07, 6.45) is 0. The molecule has 0 spiro atoms. The van der Waals surface area contributed by atoms with Gasteiger partial charge in [-0.2, -0.15) is 0 Å². The molecule has 1 aromatic rings. The number of esters is 1. The molecule has 7 heteroatoms. The zero-order valence-corrected chi connectivity index (χ0v) is 10.5. The van der Waals surface area contributed by atoms with E-state index in [4.69, 9.17) is 5.73 Å². The van der Waals surface area contributed by atoms with Crippen LogP contribution in [0, 0.1) is 11.6 Å².